The van der Waals surface area contributed by atoms with E-state index in [4.69, 9.17) is 4.42 Å². The molecule has 208 valence electrons. The molecule has 2 nitrogen and oxygen atoms in total. The second-order valence-corrected chi connectivity index (χ2v) is 11.1. The summed E-state index contributed by atoms with van der Waals surface area (Å²) >= 11 is 0. The van der Waals surface area contributed by atoms with Crippen molar-refractivity contribution in [2.24, 2.45) is 0 Å². The zero-order valence-electron chi connectivity index (χ0n) is 24.2. The van der Waals surface area contributed by atoms with E-state index in [0.717, 1.165) is 55.6 Å². The molecule has 0 saturated heterocycles. The van der Waals surface area contributed by atoms with E-state index in [-0.39, 0.29) is 0 Å². The highest BCUT2D eigenvalue weighted by molar-refractivity contribution is 6.09. The Morgan fingerprint density at radius 1 is 0.500 bits per heavy atom. The number of anilines is 2. The van der Waals surface area contributed by atoms with Crippen molar-refractivity contribution in [2.45, 2.75) is 0 Å². The summed E-state index contributed by atoms with van der Waals surface area (Å²) in [5.74, 6) is 0. The zero-order chi connectivity index (χ0) is 29.5. The fourth-order valence-electron chi connectivity index (χ4n) is 6.19. The fourth-order valence-corrected chi connectivity index (χ4v) is 6.19. The van der Waals surface area contributed by atoms with Crippen LogP contribution in [0.3, 0.4) is 0 Å². The van der Waals surface area contributed by atoms with Crippen LogP contribution >= 0.6 is 0 Å². The van der Waals surface area contributed by atoms with Crippen LogP contribution in [-0.4, -0.2) is 0 Å². The van der Waals surface area contributed by atoms with Gasteiger partial charge in [0.2, 0.25) is 0 Å². The first-order chi connectivity index (χ1) is 21.7. The smallest absolute Gasteiger partial charge is 0.143 e. The van der Waals surface area contributed by atoms with E-state index in [9.17, 15) is 0 Å². The van der Waals surface area contributed by atoms with Gasteiger partial charge in [-0.2, -0.15) is 0 Å². The van der Waals surface area contributed by atoms with Crippen molar-refractivity contribution in [2.75, 3.05) is 4.90 Å². The van der Waals surface area contributed by atoms with Crippen molar-refractivity contribution in [1.29, 1.82) is 0 Å². The van der Waals surface area contributed by atoms with Crippen LogP contribution in [0, 0.1) is 0 Å². The SMILES string of the molecule is C=C1/C=C\C=C/N(c2cc(-c3ccccc3)cc(-c3ccccc3)c2)c2ccc(-c3cccc4c3oc3ccccc34)cc21. The third-order valence-electron chi connectivity index (χ3n) is 8.37. The molecule has 6 aromatic carbocycles. The van der Waals surface area contributed by atoms with Gasteiger partial charge in [-0.3, -0.25) is 0 Å². The lowest BCUT2D eigenvalue weighted by Gasteiger charge is -2.27. The number of hydrogen-bond acceptors (Lipinski definition) is 2. The number of furan rings is 1. The molecule has 0 saturated carbocycles. The number of rotatable bonds is 4. The maximum Gasteiger partial charge on any atom is 0.143 e. The van der Waals surface area contributed by atoms with Gasteiger partial charge in [-0.25, -0.2) is 0 Å². The number of hydrogen-bond donors (Lipinski definition) is 0. The summed E-state index contributed by atoms with van der Waals surface area (Å²) < 4.78 is 6.40. The van der Waals surface area contributed by atoms with E-state index in [0.29, 0.717) is 0 Å². The highest BCUT2D eigenvalue weighted by atomic mass is 16.3. The van der Waals surface area contributed by atoms with E-state index in [2.05, 4.69) is 163 Å². The van der Waals surface area contributed by atoms with Crippen molar-refractivity contribution < 1.29 is 4.42 Å². The van der Waals surface area contributed by atoms with E-state index < -0.39 is 0 Å². The minimum atomic E-state index is 0.900. The minimum absolute atomic E-state index is 0.900. The van der Waals surface area contributed by atoms with Gasteiger partial charge in [-0.05, 0) is 75.9 Å². The van der Waals surface area contributed by atoms with Gasteiger partial charge >= 0.3 is 0 Å². The molecule has 44 heavy (non-hydrogen) atoms. The van der Waals surface area contributed by atoms with E-state index in [1.165, 1.54) is 22.3 Å². The van der Waals surface area contributed by atoms with Crippen molar-refractivity contribution >= 4 is 38.9 Å². The predicted octanol–water partition coefficient (Wildman–Crippen LogP) is 11.8. The number of allylic oxidation sites excluding steroid dienone is 4. The zero-order valence-corrected chi connectivity index (χ0v) is 24.2. The van der Waals surface area contributed by atoms with Gasteiger partial charge < -0.3 is 9.32 Å². The van der Waals surface area contributed by atoms with E-state index in [1.54, 1.807) is 0 Å². The first-order valence-electron chi connectivity index (χ1n) is 14.9. The van der Waals surface area contributed by atoms with E-state index >= 15 is 0 Å². The Labute approximate surface area is 257 Å². The van der Waals surface area contributed by atoms with Gasteiger partial charge in [0.05, 0.1) is 5.69 Å². The van der Waals surface area contributed by atoms with Crippen LogP contribution in [0.4, 0.5) is 11.4 Å². The highest BCUT2D eigenvalue weighted by Gasteiger charge is 2.19. The lowest BCUT2D eigenvalue weighted by Crippen LogP contribution is -2.12. The summed E-state index contributed by atoms with van der Waals surface area (Å²) in [5.41, 5.74) is 12.8. The monoisotopic (exact) mass is 563 g/mol. The molecule has 2 heterocycles. The Kier molecular flexibility index (Phi) is 6.31. The molecule has 0 amide bonds. The van der Waals surface area contributed by atoms with Crippen LogP contribution < -0.4 is 4.90 Å². The topological polar surface area (TPSA) is 16.4 Å². The number of fused-ring (bicyclic) bond motifs is 4. The third kappa shape index (κ3) is 4.54. The Morgan fingerprint density at radius 2 is 1.18 bits per heavy atom. The molecule has 1 aliphatic heterocycles. The first-order valence-corrected chi connectivity index (χ1v) is 14.9. The van der Waals surface area contributed by atoms with Crippen molar-refractivity contribution in [3.63, 3.8) is 0 Å². The molecule has 8 rings (SSSR count). The van der Waals surface area contributed by atoms with Crippen LogP contribution in [0.1, 0.15) is 5.56 Å². The van der Waals surface area contributed by atoms with E-state index in [1.807, 2.05) is 12.1 Å². The van der Waals surface area contributed by atoms with Gasteiger partial charge in [0.1, 0.15) is 11.2 Å². The molecule has 7 aromatic rings. The summed E-state index contributed by atoms with van der Waals surface area (Å²) in [6.45, 7) is 4.48. The molecule has 0 N–H and O–H groups in total. The molecule has 1 aromatic heterocycles. The number of benzene rings is 6. The van der Waals surface area contributed by atoms with Gasteiger partial charge in [-0.15, -0.1) is 0 Å². The summed E-state index contributed by atoms with van der Waals surface area (Å²) in [4.78, 5) is 2.27. The van der Waals surface area contributed by atoms with Crippen LogP contribution in [0.2, 0.25) is 0 Å². The van der Waals surface area contributed by atoms with Crippen LogP contribution in [0.25, 0.3) is 60.9 Å². The first kappa shape index (κ1) is 25.8. The standard InChI is InChI=1S/C42H29NO/c1-29-13-10-11-24-43(35-26-33(30-14-4-2-5-15-30)25-34(27-35)31-16-6-3-7-17-31)40-23-22-32(28-39(29)40)36-19-12-20-38-37-18-8-9-21-41(37)44-42(36)38/h2-28H,1H2/b13-10-,24-11-. The van der Waals surface area contributed by atoms with Crippen LogP contribution in [-0.2, 0) is 0 Å². The average molecular weight is 564 g/mol. The predicted molar refractivity (Wildman–Crippen MR) is 186 cm³/mol. The normalized spacial score (nSPS) is 14.3. The van der Waals surface area contributed by atoms with Gasteiger partial charge in [0, 0.05) is 33.8 Å². The van der Waals surface area contributed by atoms with Crippen molar-refractivity contribution in [3.05, 3.63) is 176 Å². The Bertz CT molecular complexity index is 2180. The van der Waals surface area contributed by atoms with Crippen LogP contribution in [0.15, 0.2) is 175 Å². The molecule has 0 aliphatic carbocycles. The molecular weight excluding hydrogens is 534 g/mol. The molecule has 2 heteroatoms. The fraction of sp³-hybridized carbons (Fsp3) is 0. The van der Waals surface area contributed by atoms with Gasteiger partial charge in [0.25, 0.3) is 0 Å². The number of para-hydroxylation sites is 2. The average Bonchev–Trinajstić information content (AvgIpc) is 3.47. The lowest BCUT2D eigenvalue weighted by atomic mass is 9.94. The molecule has 0 unspecified atom stereocenters. The molecule has 0 atom stereocenters. The maximum atomic E-state index is 6.40. The Hall–Kier alpha value is -5.86. The summed E-state index contributed by atoms with van der Waals surface area (Å²) in [6.07, 6.45) is 8.35. The van der Waals surface area contributed by atoms with Crippen molar-refractivity contribution in [3.8, 4) is 33.4 Å². The molecule has 0 spiro atoms. The molecular formula is C42H29NO. The Balaban J connectivity index is 1.30. The second kappa shape index (κ2) is 10.8. The summed E-state index contributed by atoms with van der Waals surface area (Å²) in [6, 6.07) is 49.2. The minimum Gasteiger partial charge on any atom is -0.455 e. The Morgan fingerprint density at radius 3 is 1.93 bits per heavy atom. The molecule has 1 aliphatic rings. The quantitative estimate of drug-likeness (QED) is 0.212. The number of nitrogens with zero attached hydrogens (tertiary/aromatic N) is 1. The third-order valence-corrected chi connectivity index (χ3v) is 8.37. The summed E-state index contributed by atoms with van der Waals surface area (Å²) in [5, 5.41) is 2.26. The molecule has 0 bridgehead atoms. The van der Waals surface area contributed by atoms with Gasteiger partial charge in [-0.1, -0.05) is 122 Å². The largest absolute Gasteiger partial charge is 0.455 e. The van der Waals surface area contributed by atoms with Gasteiger partial charge in [0.15, 0.2) is 0 Å². The molecule has 0 fully saturated rings. The highest BCUT2D eigenvalue weighted by Crippen LogP contribution is 2.42. The maximum absolute atomic E-state index is 6.40. The van der Waals surface area contributed by atoms with Crippen LogP contribution in [0.5, 0.6) is 0 Å². The molecule has 0 radical (unpaired) electrons. The lowest BCUT2D eigenvalue weighted by molar-refractivity contribution is 0.670. The second-order valence-electron chi connectivity index (χ2n) is 11.1. The summed E-state index contributed by atoms with van der Waals surface area (Å²) in [7, 11) is 0. The van der Waals surface area contributed by atoms with Crippen molar-refractivity contribution in [1.82, 2.24) is 0 Å².